The molecule has 0 aliphatic heterocycles. The smallest absolute Gasteiger partial charge is 0.230 e. The number of carbonyl (C=O) groups is 1. The predicted octanol–water partition coefficient (Wildman–Crippen LogP) is 4.69. The number of benzene rings is 2. The molecule has 0 atom stereocenters. The van der Waals surface area contributed by atoms with Gasteiger partial charge in [-0.15, -0.1) is 0 Å². The molecule has 2 heterocycles. The number of hydrogen-bond acceptors (Lipinski definition) is 5. The van der Waals surface area contributed by atoms with Crippen molar-refractivity contribution in [1.29, 1.82) is 0 Å². The van der Waals surface area contributed by atoms with Crippen LogP contribution in [0.3, 0.4) is 0 Å². The highest BCUT2D eigenvalue weighted by Crippen LogP contribution is 2.30. The Kier molecular flexibility index (Phi) is 4.11. The Labute approximate surface area is 150 Å². The molecule has 0 aliphatic carbocycles. The topological polar surface area (TPSA) is 65.0 Å². The molecule has 5 heteroatoms. The molecule has 0 unspecified atom stereocenters. The number of fused-ring (bicyclic) bond motifs is 1. The minimum Gasteiger partial charge on any atom is -0.438 e. The molecular formula is C21H15N3O2. The number of ketones is 1. The van der Waals surface area contributed by atoms with Crippen LogP contribution in [-0.2, 0) is 0 Å². The highest BCUT2D eigenvalue weighted by Gasteiger charge is 2.12. The Morgan fingerprint density at radius 3 is 2.65 bits per heavy atom. The van der Waals surface area contributed by atoms with Crippen molar-refractivity contribution in [1.82, 2.24) is 15.0 Å². The number of rotatable bonds is 4. The molecule has 126 valence electrons. The molecule has 0 fully saturated rings. The van der Waals surface area contributed by atoms with Gasteiger partial charge in [0.05, 0.1) is 10.9 Å². The van der Waals surface area contributed by atoms with Gasteiger partial charge in [-0.2, -0.15) is 4.98 Å². The Hall–Kier alpha value is -3.60. The van der Waals surface area contributed by atoms with Gasteiger partial charge < -0.3 is 4.74 Å². The van der Waals surface area contributed by atoms with Crippen molar-refractivity contribution in [2.45, 2.75) is 6.92 Å². The molecule has 4 aromatic rings. The number of pyridine rings is 1. The van der Waals surface area contributed by atoms with Crippen LogP contribution in [0.15, 0.2) is 73.1 Å². The van der Waals surface area contributed by atoms with E-state index in [9.17, 15) is 4.79 Å². The molecule has 0 radical (unpaired) electrons. The number of hydrogen-bond donors (Lipinski definition) is 0. The maximum atomic E-state index is 11.6. The molecule has 0 amide bonds. The molecule has 2 aromatic heterocycles. The van der Waals surface area contributed by atoms with Gasteiger partial charge in [0.2, 0.25) is 5.88 Å². The fourth-order valence-electron chi connectivity index (χ4n) is 2.64. The van der Waals surface area contributed by atoms with Crippen molar-refractivity contribution < 1.29 is 9.53 Å². The van der Waals surface area contributed by atoms with Crippen LogP contribution in [0.2, 0.25) is 0 Å². The predicted molar refractivity (Wildman–Crippen MR) is 99.3 cm³/mol. The average molecular weight is 341 g/mol. The lowest BCUT2D eigenvalue weighted by Crippen LogP contribution is -1.97. The van der Waals surface area contributed by atoms with Crippen LogP contribution in [0.25, 0.3) is 22.3 Å². The molecule has 0 spiro atoms. The summed E-state index contributed by atoms with van der Waals surface area (Å²) < 4.78 is 6.02. The van der Waals surface area contributed by atoms with Crippen molar-refractivity contribution in [2.24, 2.45) is 0 Å². The molecule has 0 saturated heterocycles. The Morgan fingerprint density at radius 1 is 0.962 bits per heavy atom. The van der Waals surface area contributed by atoms with Crippen LogP contribution in [0.1, 0.15) is 17.3 Å². The molecule has 4 rings (SSSR count). The van der Waals surface area contributed by atoms with E-state index in [4.69, 9.17) is 4.74 Å². The third kappa shape index (κ3) is 3.15. The summed E-state index contributed by atoms with van der Waals surface area (Å²) in [5.74, 6) is 1.52. The fourth-order valence-corrected chi connectivity index (χ4v) is 2.64. The van der Waals surface area contributed by atoms with Gasteiger partial charge in [-0.25, -0.2) is 4.98 Å². The number of Topliss-reactive ketones (excluding diaryl/α,β-unsaturated/α-hetero) is 1. The number of aromatic nitrogens is 3. The van der Waals surface area contributed by atoms with Crippen molar-refractivity contribution in [3.8, 4) is 23.0 Å². The van der Waals surface area contributed by atoms with Gasteiger partial charge in [-0.1, -0.05) is 24.3 Å². The van der Waals surface area contributed by atoms with Gasteiger partial charge in [0, 0.05) is 23.5 Å². The zero-order chi connectivity index (χ0) is 17.9. The van der Waals surface area contributed by atoms with Crippen LogP contribution in [0, 0.1) is 0 Å². The molecule has 0 bridgehead atoms. The van der Waals surface area contributed by atoms with Gasteiger partial charge >= 0.3 is 0 Å². The first kappa shape index (κ1) is 15.9. The summed E-state index contributed by atoms with van der Waals surface area (Å²) in [6.45, 7) is 1.53. The summed E-state index contributed by atoms with van der Waals surface area (Å²) in [4.78, 5) is 24.9. The molecule has 0 N–H and O–H groups in total. The molecule has 26 heavy (non-hydrogen) atoms. The first-order valence-electron chi connectivity index (χ1n) is 8.17. The third-order valence-electron chi connectivity index (χ3n) is 3.94. The summed E-state index contributed by atoms with van der Waals surface area (Å²) in [6.07, 6.45) is 3.42. The lowest BCUT2D eigenvalue weighted by molar-refractivity contribution is 0.101. The van der Waals surface area contributed by atoms with E-state index >= 15 is 0 Å². The van der Waals surface area contributed by atoms with Crippen molar-refractivity contribution in [2.75, 3.05) is 0 Å². The summed E-state index contributed by atoms with van der Waals surface area (Å²) >= 11 is 0. The quantitative estimate of drug-likeness (QED) is 0.504. The Morgan fingerprint density at radius 2 is 1.85 bits per heavy atom. The second-order valence-electron chi connectivity index (χ2n) is 5.80. The zero-order valence-corrected chi connectivity index (χ0v) is 14.1. The van der Waals surface area contributed by atoms with E-state index in [-0.39, 0.29) is 5.78 Å². The van der Waals surface area contributed by atoms with Crippen LogP contribution in [-0.4, -0.2) is 20.7 Å². The second kappa shape index (κ2) is 6.72. The van der Waals surface area contributed by atoms with Gasteiger partial charge in [-0.3, -0.25) is 9.78 Å². The van der Waals surface area contributed by atoms with Crippen molar-refractivity contribution in [3.05, 3.63) is 78.6 Å². The number of para-hydroxylation sites is 1. The number of nitrogens with zero attached hydrogens (tertiary/aromatic N) is 3. The zero-order valence-electron chi connectivity index (χ0n) is 14.1. The fraction of sp³-hybridized carbons (Fsp3) is 0.0476. The Balaban J connectivity index is 1.83. The summed E-state index contributed by atoms with van der Waals surface area (Å²) in [5, 5.41) is 0.799. The normalized spacial score (nSPS) is 10.7. The van der Waals surface area contributed by atoms with Crippen molar-refractivity contribution >= 4 is 16.7 Å². The van der Waals surface area contributed by atoms with Gasteiger partial charge in [0.25, 0.3) is 0 Å². The van der Waals surface area contributed by atoms with E-state index in [2.05, 4.69) is 15.0 Å². The van der Waals surface area contributed by atoms with E-state index in [0.29, 0.717) is 23.0 Å². The molecular weight excluding hydrogens is 326 g/mol. The summed E-state index contributed by atoms with van der Waals surface area (Å²) in [7, 11) is 0. The first-order valence-corrected chi connectivity index (χ1v) is 8.17. The van der Waals surface area contributed by atoms with Crippen LogP contribution < -0.4 is 4.74 Å². The monoisotopic (exact) mass is 341 g/mol. The van der Waals surface area contributed by atoms with E-state index in [1.54, 1.807) is 36.7 Å². The molecule has 0 saturated carbocycles. The van der Waals surface area contributed by atoms with E-state index in [1.807, 2.05) is 36.4 Å². The second-order valence-corrected chi connectivity index (χ2v) is 5.80. The van der Waals surface area contributed by atoms with E-state index in [0.717, 1.165) is 16.5 Å². The van der Waals surface area contributed by atoms with E-state index in [1.165, 1.54) is 6.92 Å². The van der Waals surface area contributed by atoms with Gasteiger partial charge in [0.1, 0.15) is 5.75 Å². The number of carbonyl (C=O) groups excluding carboxylic acids is 1. The van der Waals surface area contributed by atoms with E-state index < -0.39 is 0 Å². The maximum Gasteiger partial charge on any atom is 0.230 e. The highest BCUT2D eigenvalue weighted by molar-refractivity contribution is 5.94. The molecule has 5 nitrogen and oxygen atoms in total. The molecule has 0 aliphatic rings. The minimum absolute atomic E-state index is 0.0148. The lowest BCUT2D eigenvalue weighted by Gasteiger charge is -2.10. The Bertz CT molecular complexity index is 1090. The largest absolute Gasteiger partial charge is 0.438 e. The third-order valence-corrected chi connectivity index (χ3v) is 3.94. The minimum atomic E-state index is -0.0148. The maximum absolute atomic E-state index is 11.6. The van der Waals surface area contributed by atoms with Crippen LogP contribution in [0.4, 0.5) is 0 Å². The highest BCUT2D eigenvalue weighted by atomic mass is 16.5. The van der Waals surface area contributed by atoms with Gasteiger partial charge in [-0.05, 0) is 43.3 Å². The average Bonchev–Trinajstić information content (AvgIpc) is 2.69. The van der Waals surface area contributed by atoms with Crippen LogP contribution >= 0.6 is 0 Å². The molecule has 2 aromatic carbocycles. The number of ether oxygens (including phenoxy) is 1. The summed E-state index contributed by atoms with van der Waals surface area (Å²) in [5.41, 5.74) is 2.17. The first-order chi connectivity index (χ1) is 12.7. The standard InChI is InChI=1S/C21H15N3O2/c1-14(25)15-6-4-8-17(12-15)26-21-18-9-2-3-10-19(18)23-20(24-21)16-7-5-11-22-13-16/h2-13H,1H3. The van der Waals surface area contributed by atoms with Crippen LogP contribution in [0.5, 0.6) is 11.6 Å². The lowest BCUT2D eigenvalue weighted by atomic mass is 10.1. The van der Waals surface area contributed by atoms with Crippen molar-refractivity contribution in [3.63, 3.8) is 0 Å². The summed E-state index contributed by atoms with van der Waals surface area (Å²) in [6, 6.07) is 18.4. The SMILES string of the molecule is CC(=O)c1cccc(Oc2nc(-c3cccnc3)nc3ccccc23)c1. The van der Waals surface area contributed by atoms with Gasteiger partial charge in [0.15, 0.2) is 11.6 Å².